The molecule has 1 atom stereocenters. The van der Waals surface area contributed by atoms with Gasteiger partial charge >= 0.3 is 0 Å². The van der Waals surface area contributed by atoms with Crippen molar-refractivity contribution >= 4 is 40.0 Å². The Morgan fingerprint density at radius 3 is 2.55 bits per heavy atom. The summed E-state index contributed by atoms with van der Waals surface area (Å²) >= 11 is 0. The number of hydrogen-bond acceptors (Lipinski definition) is 4. The highest BCUT2D eigenvalue weighted by molar-refractivity contribution is 14.0. The zero-order valence-electron chi connectivity index (χ0n) is 18.2. The molecule has 3 rings (SSSR count). The molecule has 1 fully saturated rings. The van der Waals surface area contributed by atoms with Gasteiger partial charge in [-0.1, -0.05) is 36.4 Å². The maximum absolute atomic E-state index is 11.9. The minimum Gasteiger partial charge on any atom is -0.370 e. The normalized spacial score (nSPS) is 17.2. The molecule has 0 radical (unpaired) electrons. The monoisotopic (exact) mass is 558 g/mol. The number of sulfonamides is 1. The lowest BCUT2D eigenvalue weighted by molar-refractivity contribution is -0.00834. The first-order valence-corrected chi connectivity index (χ1v) is 11.7. The van der Waals surface area contributed by atoms with E-state index in [1.165, 1.54) is 18.2 Å². The maximum Gasteiger partial charge on any atom is 0.240 e. The van der Waals surface area contributed by atoms with Gasteiger partial charge in [-0.3, -0.25) is 0 Å². The predicted molar refractivity (Wildman–Crippen MR) is 134 cm³/mol. The summed E-state index contributed by atoms with van der Waals surface area (Å²) in [5, 5.41) is 3.37. The Balaban J connectivity index is 0.00000341. The summed E-state index contributed by atoms with van der Waals surface area (Å²) in [6.45, 7) is 7.53. The van der Waals surface area contributed by atoms with E-state index in [1.54, 1.807) is 24.3 Å². The van der Waals surface area contributed by atoms with E-state index in [9.17, 15) is 8.42 Å². The average Bonchev–Trinajstić information content (AvgIpc) is 2.77. The zero-order chi connectivity index (χ0) is 21.6. The summed E-state index contributed by atoms with van der Waals surface area (Å²) in [5.41, 5.74) is 3.38. The fourth-order valence-electron chi connectivity index (χ4n) is 3.46. The molecular weight excluding hydrogens is 527 g/mol. The van der Waals surface area contributed by atoms with Crippen LogP contribution in [0.5, 0.6) is 0 Å². The molecule has 170 valence electrons. The van der Waals surface area contributed by atoms with Gasteiger partial charge in [0.1, 0.15) is 6.10 Å². The van der Waals surface area contributed by atoms with Gasteiger partial charge < -0.3 is 15.0 Å². The van der Waals surface area contributed by atoms with Gasteiger partial charge in [0.15, 0.2) is 5.96 Å². The van der Waals surface area contributed by atoms with Crippen molar-refractivity contribution in [3.05, 3.63) is 65.2 Å². The van der Waals surface area contributed by atoms with Crippen molar-refractivity contribution in [3.63, 3.8) is 0 Å². The van der Waals surface area contributed by atoms with Crippen LogP contribution in [0.1, 0.15) is 29.7 Å². The molecule has 1 aliphatic heterocycles. The van der Waals surface area contributed by atoms with Gasteiger partial charge in [0.05, 0.1) is 24.6 Å². The van der Waals surface area contributed by atoms with Crippen LogP contribution in [0.3, 0.4) is 0 Å². The number of guanidine groups is 1. The van der Waals surface area contributed by atoms with Crippen LogP contribution in [0.25, 0.3) is 0 Å². The number of nitrogens with one attached hydrogen (secondary N) is 2. The van der Waals surface area contributed by atoms with Gasteiger partial charge in [0.25, 0.3) is 0 Å². The van der Waals surface area contributed by atoms with E-state index in [0.717, 1.165) is 31.2 Å². The van der Waals surface area contributed by atoms with Crippen molar-refractivity contribution in [1.82, 2.24) is 14.9 Å². The van der Waals surface area contributed by atoms with Crippen LogP contribution in [-0.2, 0) is 21.3 Å². The van der Waals surface area contributed by atoms with Crippen LogP contribution in [0.4, 0.5) is 0 Å². The second-order valence-corrected chi connectivity index (χ2v) is 9.07. The summed E-state index contributed by atoms with van der Waals surface area (Å²) < 4.78 is 32.1. The number of aliphatic imine (C=N–C) groups is 1. The zero-order valence-corrected chi connectivity index (χ0v) is 21.3. The number of hydrogen-bond donors (Lipinski definition) is 2. The molecule has 31 heavy (non-hydrogen) atoms. The molecule has 2 aromatic carbocycles. The molecule has 0 aromatic heterocycles. The van der Waals surface area contributed by atoms with Crippen molar-refractivity contribution in [2.45, 2.75) is 31.4 Å². The predicted octanol–water partition coefficient (Wildman–Crippen LogP) is 3.06. The lowest BCUT2D eigenvalue weighted by Crippen LogP contribution is -2.48. The molecule has 0 spiro atoms. The summed E-state index contributed by atoms with van der Waals surface area (Å²) in [6, 6.07) is 15.1. The van der Waals surface area contributed by atoms with Gasteiger partial charge in [0.2, 0.25) is 10.0 Å². The number of benzene rings is 2. The number of rotatable bonds is 6. The molecule has 1 aliphatic rings. The van der Waals surface area contributed by atoms with Crippen molar-refractivity contribution in [2.24, 2.45) is 4.99 Å². The lowest BCUT2D eigenvalue weighted by atomic mass is 10.0. The first-order valence-electron chi connectivity index (χ1n) is 10.2. The number of nitrogens with zero attached hydrogens (tertiary/aromatic N) is 2. The second kappa shape index (κ2) is 11.8. The van der Waals surface area contributed by atoms with Gasteiger partial charge in [-0.05, 0) is 49.7 Å². The van der Waals surface area contributed by atoms with E-state index in [-0.39, 0.29) is 35.0 Å². The van der Waals surface area contributed by atoms with Crippen molar-refractivity contribution in [2.75, 3.05) is 33.3 Å². The number of halogens is 1. The van der Waals surface area contributed by atoms with Crippen LogP contribution in [0.2, 0.25) is 0 Å². The Morgan fingerprint density at radius 2 is 1.90 bits per heavy atom. The van der Waals surface area contributed by atoms with Crippen molar-refractivity contribution in [3.8, 4) is 0 Å². The van der Waals surface area contributed by atoms with Crippen LogP contribution < -0.4 is 10.0 Å². The van der Waals surface area contributed by atoms with Crippen LogP contribution in [-0.4, -0.2) is 52.6 Å². The smallest absolute Gasteiger partial charge is 0.240 e. The fraction of sp³-hybridized carbons (Fsp3) is 0.409. The standard InChI is InChI=1S/C22H30N4O3S.HI/c1-4-24-22(25-15-18-9-11-19(12-10-18)30(27,28)23-3)26-13-14-29-21(16-26)20-8-6-5-7-17(20)2;/h5-12,21,23H,4,13-16H2,1-3H3,(H,24,25);1H. The highest BCUT2D eigenvalue weighted by Gasteiger charge is 2.25. The Labute approximate surface area is 202 Å². The average molecular weight is 558 g/mol. The van der Waals surface area contributed by atoms with Gasteiger partial charge in [-0.25, -0.2) is 18.1 Å². The number of morpholine rings is 1. The molecule has 0 aliphatic carbocycles. The van der Waals surface area contributed by atoms with Crippen molar-refractivity contribution in [1.29, 1.82) is 0 Å². The van der Waals surface area contributed by atoms with E-state index >= 15 is 0 Å². The Kier molecular flexibility index (Phi) is 9.73. The fourth-order valence-corrected chi connectivity index (χ4v) is 4.19. The third-order valence-electron chi connectivity index (χ3n) is 5.15. The van der Waals surface area contributed by atoms with Gasteiger partial charge in [-0.2, -0.15) is 0 Å². The quantitative estimate of drug-likeness (QED) is 0.324. The molecule has 7 nitrogen and oxygen atoms in total. The third-order valence-corrected chi connectivity index (χ3v) is 6.58. The molecule has 0 amide bonds. The van der Waals surface area contributed by atoms with E-state index in [0.29, 0.717) is 13.2 Å². The van der Waals surface area contributed by atoms with E-state index in [2.05, 4.69) is 34.0 Å². The van der Waals surface area contributed by atoms with Crippen LogP contribution >= 0.6 is 24.0 Å². The van der Waals surface area contributed by atoms with Crippen molar-refractivity contribution < 1.29 is 13.2 Å². The molecule has 2 N–H and O–H groups in total. The Hall–Kier alpha value is -1.69. The summed E-state index contributed by atoms with van der Waals surface area (Å²) in [4.78, 5) is 7.26. The first-order chi connectivity index (χ1) is 14.4. The molecule has 1 heterocycles. The summed E-state index contributed by atoms with van der Waals surface area (Å²) in [6.07, 6.45) is 0.00911. The summed E-state index contributed by atoms with van der Waals surface area (Å²) in [5.74, 6) is 0.839. The Morgan fingerprint density at radius 1 is 1.19 bits per heavy atom. The van der Waals surface area contributed by atoms with Crippen LogP contribution in [0.15, 0.2) is 58.4 Å². The highest BCUT2D eigenvalue weighted by Crippen LogP contribution is 2.25. The lowest BCUT2D eigenvalue weighted by Gasteiger charge is -2.35. The summed E-state index contributed by atoms with van der Waals surface area (Å²) in [7, 11) is -2.02. The molecular formula is C22H31IN4O3S. The van der Waals surface area contributed by atoms with E-state index < -0.39 is 10.0 Å². The minimum absolute atomic E-state index is 0. The molecule has 0 bridgehead atoms. The van der Waals surface area contributed by atoms with Gasteiger partial charge in [0, 0.05) is 13.1 Å². The SMILES string of the molecule is CCNC(=NCc1ccc(S(=O)(=O)NC)cc1)N1CCOC(c2ccccc2C)C1.I. The molecule has 0 saturated carbocycles. The largest absolute Gasteiger partial charge is 0.370 e. The molecule has 9 heteroatoms. The second-order valence-electron chi connectivity index (χ2n) is 7.18. The topological polar surface area (TPSA) is 83.0 Å². The maximum atomic E-state index is 11.9. The Bertz CT molecular complexity index is 981. The number of aryl methyl sites for hydroxylation is 1. The van der Waals surface area contributed by atoms with Gasteiger partial charge in [-0.15, -0.1) is 24.0 Å². The third kappa shape index (κ3) is 6.64. The van der Waals surface area contributed by atoms with E-state index in [1.807, 2.05) is 19.1 Å². The van der Waals surface area contributed by atoms with Crippen LogP contribution in [0, 0.1) is 6.92 Å². The van der Waals surface area contributed by atoms with E-state index in [4.69, 9.17) is 9.73 Å². The highest BCUT2D eigenvalue weighted by atomic mass is 127. The molecule has 2 aromatic rings. The molecule has 1 unspecified atom stereocenters. The molecule has 1 saturated heterocycles. The first kappa shape index (κ1) is 25.6. The minimum atomic E-state index is -3.43. The number of ether oxygens (including phenoxy) is 1.